The molecule has 0 amide bonds. The van der Waals surface area contributed by atoms with Crippen LogP contribution < -0.4 is 20.1 Å². The minimum absolute atomic E-state index is 0.0799. The summed E-state index contributed by atoms with van der Waals surface area (Å²) in [5.41, 5.74) is 1.51. The lowest BCUT2D eigenvalue weighted by Crippen LogP contribution is -2.41. The lowest BCUT2D eigenvalue weighted by molar-refractivity contribution is -0.0504. The lowest BCUT2D eigenvalue weighted by atomic mass is 10.2. The van der Waals surface area contributed by atoms with E-state index < -0.39 is 16.6 Å². The minimum atomic E-state index is -3.59. The van der Waals surface area contributed by atoms with Gasteiger partial charge < -0.3 is 15.4 Å². The zero-order valence-corrected chi connectivity index (χ0v) is 17.0. The van der Waals surface area contributed by atoms with E-state index in [1.165, 1.54) is 6.07 Å². The maximum atomic E-state index is 12.5. The molecule has 2 rings (SSSR count). The van der Waals surface area contributed by atoms with E-state index in [9.17, 15) is 17.2 Å². The van der Waals surface area contributed by atoms with Crippen molar-refractivity contribution < 1.29 is 21.9 Å². The number of para-hydroxylation sites is 1. The SMILES string of the molecule is CN=C(NCCNS(=O)(=O)c1ccc(C)cc1)NCc1ccccc1OC(F)F. The third-order valence-corrected chi connectivity index (χ3v) is 5.38. The number of rotatable bonds is 9. The van der Waals surface area contributed by atoms with Gasteiger partial charge in [0.2, 0.25) is 10.0 Å². The number of aryl methyl sites for hydroxylation is 1. The van der Waals surface area contributed by atoms with Crippen LogP contribution in [-0.2, 0) is 16.6 Å². The highest BCUT2D eigenvalue weighted by atomic mass is 32.2. The first-order valence-corrected chi connectivity index (χ1v) is 10.3. The maximum Gasteiger partial charge on any atom is 0.387 e. The van der Waals surface area contributed by atoms with Crippen LogP contribution in [-0.4, -0.2) is 41.1 Å². The Morgan fingerprint density at radius 3 is 2.41 bits per heavy atom. The molecule has 0 aliphatic rings. The van der Waals surface area contributed by atoms with Crippen molar-refractivity contribution in [3.05, 3.63) is 59.7 Å². The summed E-state index contributed by atoms with van der Waals surface area (Å²) in [6, 6.07) is 13.0. The summed E-state index contributed by atoms with van der Waals surface area (Å²) in [6.45, 7) is -0.403. The molecule has 0 saturated carbocycles. The fourth-order valence-corrected chi connectivity index (χ4v) is 3.46. The summed E-state index contributed by atoms with van der Waals surface area (Å²) in [7, 11) is -2.04. The van der Waals surface area contributed by atoms with E-state index >= 15 is 0 Å². The van der Waals surface area contributed by atoms with E-state index in [1.807, 2.05) is 6.92 Å². The smallest absolute Gasteiger partial charge is 0.387 e. The molecule has 0 heterocycles. The number of sulfonamides is 1. The lowest BCUT2D eigenvalue weighted by Gasteiger charge is -2.14. The molecule has 0 saturated heterocycles. The molecule has 0 aromatic heterocycles. The van der Waals surface area contributed by atoms with Crippen molar-refractivity contribution in [1.29, 1.82) is 0 Å². The quantitative estimate of drug-likeness (QED) is 0.325. The first-order chi connectivity index (χ1) is 13.8. The molecule has 2 aromatic carbocycles. The normalized spacial score (nSPS) is 12.1. The molecule has 0 bridgehead atoms. The first-order valence-electron chi connectivity index (χ1n) is 8.85. The fraction of sp³-hybridized carbons (Fsp3) is 0.316. The molecule has 158 valence electrons. The van der Waals surface area contributed by atoms with E-state index in [4.69, 9.17) is 0 Å². The van der Waals surface area contributed by atoms with Gasteiger partial charge >= 0.3 is 6.61 Å². The summed E-state index contributed by atoms with van der Waals surface area (Å²) < 4.78 is 56.4. The number of hydrogen-bond acceptors (Lipinski definition) is 4. The Bertz CT molecular complexity index is 919. The number of ether oxygens (including phenoxy) is 1. The largest absolute Gasteiger partial charge is 0.434 e. The molecule has 0 atom stereocenters. The molecule has 0 aliphatic carbocycles. The first kappa shape index (κ1) is 22.6. The number of halogens is 2. The zero-order chi connectivity index (χ0) is 21.3. The second-order valence-electron chi connectivity index (χ2n) is 6.05. The highest BCUT2D eigenvalue weighted by Gasteiger charge is 2.13. The Balaban J connectivity index is 1.82. The van der Waals surface area contributed by atoms with Crippen LogP contribution in [0.25, 0.3) is 0 Å². The van der Waals surface area contributed by atoms with Crippen LogP contribution in [0.2, 0.25) is 0 Å². The third kappa shape index (κ3) is 7.31. The Morgan fingerprint density at radius 2 is 1.76 bits per heavy atom. The van der Waals surface area contributed by atoms with Gasteiger partial charge in [0, 0.05) is 32.2 Å². The molecule has 0 aliphatic heterocycles. The molecular weight excluding hydrogens is 402 g/mol. The molecule has 7 nitrogen and oxygen atoms in total. The highest BCUT2D eigenvalue weighted by molar-refractivity contribution is 7.89. The Labute approximate surface area is 169 Å². The Hall–Kier alpha value is -2.72. The van der Waals surface area contributed by atoms with E-state index in [2.05, 4.69) is 25.1 Å². The average Bonchev–Trinajstić information content (AvgIpc) is 2.68. The molecule has 0 radical (unpaired) electrons. The number of alkyl halides is 2. The van der Waals surface area contributed by atoms with E-state index in [-0.39, 0.29) is 30.3 Å². The van der Waals surface area contributed by atoms with Crippen LogP contribution in [0.3, 0.4) is 0 Å². The Morgan fingerprint density at radius 1 is 1.07 bits per heavy atom. The highest BCUT2D eigenvalue weighted by Crippen LogP contribution is 2.19. The van der Waals surface area contributed by atoms with Crippen molar-refractivity contribution in [2.75, 3.05) is 20.1 Å². The standard InChI is InChI=1S/C19H24F2N4O3S/c1-14-7-9-16(10-8-14)29(26,27)25-12-11-23-19(22-2)24-13-15-5-3-4-6-17(15)28-18(20)21/h3-10,18,25H,11-13H2,1-2H3,(H2,22,23,24). The van der Waals surface area contributed by atoms with Gasteiger partial charge in [-0.1, -0.05) is 35.9 Å². The van der Waals surface area contributed by atoms with Gasteiger partial charge in [-0.15, -0.1) is 0 Å². The van der Waals surface area contributed by atoms with E-state index in [0.29, 0.717) is 11.5 Å². The second-order valence-corrected chi connectivity index (χ2v) is 7.82. The molecule has 0 fully saturated rings. The maximum absolute atomic E-state index is 12.5. The van der Waals surface area contributed by atoms with Crippen LogP contribution in [0.1, 0.15) is 11.1 Å². The fourth-order valence-electron chi connectivity index (χ4n) is 2.43. The van der Waals surface area contributed by atoms with Gasteiger partial charge in [0.05, 0.1) is 4.90 Å². The number of hydrogen-bond donors (Lipinski definition) is 3. The van der Waals surface area contributed by atoms with Crippen molar-refractivity contribution in [2.24, 2.45) is 4.99 Å². The zero-order valence-electron chi connectivity index (χ0n) is 16.2. The van der Waals surface area contributed by atoms with Gasteiger partial charge in [0.1, 0.15) is 5.75 Å². The second kappa shape index (κ2) is 10.7. The van der Waals surface area contributed by atoms with Gasteiger partial charge in [-0.05, 0) is 25.1 Å². The number of aliphatic imine (C=N–C) groups is 1. The van der Waals surface area contributed by atoms with E-state index in [0.717, 1.165) is 5.56 Å². The molecule has 10 heteroatoms. The number of nitrogens with zero attached hydrogens (tertiary/aromatic N) is 1. The van der Waals surface area contributed by atoms with Crippen molar-refractivity contribution in [3.8, 4) is 5.75 Å². The monoisotopic (exact) mass is 426 g/mol. The Kier molecular flexibility index (Phi) is 8.34. The summed E-state index contributed by atoms with van der Waals surface area (Å²) in [5, 5.41) is 5.93. The average molecular weight is 426 g/mol. The van der Waals surface area contributed by atoms with Crippen LogP contribution in [0.4, 0.5) is 8.78 Å². The van der Waals surface area contributed by atoms with Crippen molar-refractivity contribution >= 4 is 16.0 Å². The number of guanidine groups is 1. The molecule has 0 spiro atoms. The number of nitrogens with one attached hydrogen (secondary N) is 3. The van der Waals surface area contributed by atoms with Crippen LogP contribution in [0, 0.1) is 6.92 Å². The van der Waals surface area contributed by atoms with Crippen molar-refractivity contribution in [2.45, 2.75) is 25.0 Å². The van der Waals surface area contributed by atoms with Crippen LogP contribution >= 0.6 is 0 Å². The van der Waals surface area contributed by atoms with Crippen LogP contribution in [0.5, 0.6) is 5.75 Å². The minimum Gasteiger partial charge on any atom is -0.434 e. The predicted molar refractivity (Wildman–Crippen MR) is 108 cm³/mol. The summed E-state index contributed by atoms with van der Waals surface area (Å²) in [6.07, 6.45) is 0. The van der Waals surface area contributed by atoms with Crippen molar-refractivity contribution in [3.63, 3.8) is 0 Å². The molecule has 3 N–H and O–H groups in total. The third-order valence-electron chi connectivity index (χ3n) is 3.90. The predicted octanol–water partition coefficient (Wildman–Crippen LogP) is 2.24. The van der Waals surface area contributed by atoms with E-state index in [1.54, 1.807) is 49.5 Å². The van der Waals surface area contributed by atoms with Gasteiger partial charge in [-0.3, -0.25) is 4.99 Å². The van der Waals surface area contributed by atoms with Gasteiger partial charge in [-0.2, -0.15) is 8.78 Å². The summed E-state index contributed by atoms with van der Waals surface area (Å²) in [4.78, 5) is 4.22. The van der Waals surface area contributed by atoms with Gasteiger partial charge in [0.25, 0.3) is 0 Å². The summed E-state index contributed by atoms with van der Waals surface area (Å²) >= 11 is 0. The summed E-state index contributed by atoms with van der Waals surface area (Å²) in [5.74, 6) is 0.475. The van der Waals surface area contributed by atoms with Crippen molar-refractivity contribution in [1.82, 2.24) is 15.4 Å². The molecular formula is C19H24F2N4O3S. The van der Waals surface area contributed by atoms with Gasteiger partial charge in [0.15, 0.2) is 5.96 Å². The van der Waals surface area contributed by atoms with Crippen LogP contribution in [0.15, 0.2) is 58.4 Å². The molecule has 29 heavy (non-hydrogen) atoms. The number of benzene rings is 2. The molecule has 0 unspecified atom stereocenters. The molecule has 2 aromatic rings. The van der Waals surface area contributed by atoms with Gasteiger partial charge in [-0.25, -0.2) is 13.1 Å². The topological polar surface area (TPSA) is 91.8 Å².